The first-order valence-electron chi connectivity index (χ1n) is 30.7. The second-order valence-electron chi connectivity index (χ2n) is 23.2. The van der Waals surface area contributed by atoms with Crippen molar-refractivity contribution in [2.75, 3.05) is 0 Å². The van der Waals surface area contributed by atoms with E-state index in [0.717, 1.165) is 33.6 Å². The molecule has 0 unspecified atom stereocenters. The van der Waals surface area contributed by atoms with Crippen molar-refractivity contribution < 1.29 is 10.0 Å². The number of rotatable bonds is 9. The molecule has 14 aromatic rings. The molecule has 0 spiro atoms. The molecule has 0 bridgehead atoms. The van der Waals surface area contributed by atoms with Crippen molar-refractivity contribution in [3.63, 3.8) is 0 Å². The van der Waals surface area contributed by atoms with Gasteiger partial charge >= 0.3 is 7.12 Å². The molecule has 0 radical (unpaired) electrons. The zero-order valence-corrected chi connectivity index (χ0v) is 51.3. The maximum atomic E-state index is 9.79. The normalized spacial score (nSPS) is 13.5. The van der Waals surface area contributed by atoms with Crippen molar-refractivity contribution >= 4 is 35.8 Å². The van der Waals surface area contributed by atoms with Crippen LogP contribution in [0.25, 0.3) is 55.9 Å². The van der Waals surface area contributed by atoms with Gasteiger partial charge in [0.15, 0.2) is 0 Å². The van der Waals surface area contributed by atoms with E-state index in [1.165, 1.54) is 101 Å². The van der Waals surface area contributed by atoms with E-state index in [1.807, 2.05) is 18.2 Å². The summed E-state index contributed by atoms with van der Waals surface area (Å²) in [6, 6.07) is 114. The van der Waals surface area contributed by atoms with Crippen LogP contribution in [-0.4, -0.2) is 37.1 Å². The van der Waals surface area contributed by atoms with E-state index in [4.69, 9.17) is 33.2 Å². The molecule has 0 saturated carbocycles. The van der Waals surface area contributed by atoms with Crippen molar-refractivity contribution in [1.82, 2.24) is 19.9 Å². The first kappa shape index (κ1) is 57.8. The highest BCUT2D eigenvalue weighted by Gasteiger charge is 2.49. The molecule has 2 heterocycles. The third kappa shape index (κ3) is 9.60. The summed E-state index contributed by atoms with van der Waals surface area (Å²) in [7, 11) is -1.50. The molecule has 6 nitrogen and oxygen atoms in total. The molecule has 92 heavy (non-hydrogen) atoms. The third-order valence-corrected chi connectivity index (χ3v) is 19.0. The molecule has 0 atom stereocenters. The SMILES string of the molecule is Clc1cc(Cl)ncn1.OB(O)c1cccc(C2(c3ccccc3)c3ccccc3-c3ccccc32)c1.c1ccc(C2(c3cccc(-c4cc(-c5cccc(C6(c7ccccc7)c7ccccc7-c7ccccc76)c5)ncn4)c3)c3ccccc3-c3ccccc32)cc1. The first-order valence-corrected chi connectivity index (χ1v) is 31.4. The highest BCUT2D eigenvalue weighted by Crippen LogP contribution is 2.59. The Bertz CT molecular complexity index is 4690. The van der Waals surface area contributed by atoms with Gasteiger partial charge in [-0.15, -0.1) is 0 Å². The number of hydrogen-bond acceptors (Lipinski definition) is 6. The minimum absolute atomic E-state index is 0.366. The van der Waals surface area contributed by atoms with Gasteiger partial charge in [-0.1, -0.05) is 320 Å². The van der Waals surface area contributed by atoms with E-state index in [2.05, 4.69) is 301 Å². The van der Waals surface area contributed by atoms with E-state index < -0.39 is 23.4 Å². The largest absolute Gasteiger partial charge is 0.488 e. The van der Waals surface area contributed by atoms with Crippen LogP contribution in [0.1, 0.15) is 66.8 Å². The van der Waals surface area contributed by atoms with Crippen LogP contribution in [0.5, 0.6) is 0 Å². The second-order valence-corrected chi connectivity index (χ2v) is 24.0. The van der Waals surface area contributed by atoms with E-state index in [0.29, 0.717) is 15.8 Å². The predicted octanol–water partition coefficient (Wildman–Crippen LogP) is 18.0. The lowest BCUT2D eigenvalue weighted by molar-refractivity contribution is 0.425. The molecule has 17 rings (SSSR count). The van der Waals surface area contributed by atoms with Crippen molar-refractivity contribution in [2.24, 2.45) is 0 Å². The van der Waals surface area contributed by atoms with E-state index >= 15 is 0 Å². The van der Waals surface area contributed by atoms with Crippen molar-refractivity contribution in [3.05, 3.63) is 411 Å². The van der Waals surface area contributed by atoms with Gasteiger partial charge in [-0.25, -0.2) is 19.9 Å². The number of halogens is 2. The minimum atomic E-state index is -1.50. The number of hydrogen-bond donors (Lipinski definition) is 2. The Balaban J connectivity index is 0.000000161. The monoisotopic (exact) mass is 1220 g/mol. The van der Waals surface area contributed by atoms with Gasteiger partial charge in [0.1, 0.15) is 23.0 Å². The molecule has 2 N–H and O–H groups in total. The molecule has 438 valence electrons. The summed E-state index contributed by atoms with van der Waals surface area (Å²) >= 11 is 10.8. The van der Waals surface area contributed by atoms with Crippen LogP contribution >= 0.6 is 23.2 Å². The number of nitrogens with zero attached hydrogens (tertiary/aromatic N) is 4. The Kier molecular flexibility index (Phi) is 15.3. The van der Waals surface area contributed by atoms with Gasteiger partial charge in [-0.2, -0.15) is 0 Å². The highest BCUT2D eigenvalue weighted by molar-refractivity contribution is 6.58. The Labute approximate surface area is 545 Å². The lowest BCUT2D eigenvalue weighted by Crippen LogP contribution is -2.34. The fourth-order valence-corrected chi connectivity index (χ4v) is 15.2. The van der Waals surface area contributed by atoms with Crippen LogP contribution in [0, 0.1) is 0 Å². The molecule has 12 aromatic carbocycles. The van der Waals surface area contributed by atoms with E-state index in [-0.39, 0.29) is 0 Å². The Morgan fingerprint density at radius 1 is 0.250 bits per heavy atom. The summed E-state index contributed by atoms with van der Waals surface area (Å²) in [4.78, 5) is 17.0. The average molecular weight is 1220 g/mol. The molecular weight excluding hydrogens is 1170 g/mol. The maximum Gasteiger partial charge on any atom is 0.488 e. The molecule has 9 heteroatoms. The minimum Gasteiger partial charge on any atom is -0.423 e. The van der Waals surface area contributed by atoms with Gasteiger partial charge in [0.2, 0.25) is 0 Å². The number of fused-ring (bicyclic) bond motifs is 9. The number of aromatic nitrogens is 4. The molecule has 0 amide bonds. The van der Waals surface area contributed by atoms with Gasteiger partial charge in [0.25, 0.3) is 0 Å². The van der Waals surface area contributed by atoms with Crippen LogP contribution in [0.3, 0.4) is 0 Å². The third-order valence-electron chi connectivity index (χ3n) is 18.5. The van der Waals surface area contributed by atoms with E-state index in [1.54, 1.807) is 12.4 Å². The molecule has 3 aliphatic rings. The number of benzene rings is 12. The summed E-state index contributed by atoms with van der Waals surface area (Å²) in [6.07, 6.45) is 3.02. The van der Waals surface area contributed by atoms with Crippen LogP contribution in [0.2, 0.25) is 10.3 Å². The Hall–Kier alpha value is -10.6. The zero-order valence-electron chi connectivity index (χ0n) is 49.8. The molecule has 3 aliphatic carbocycles. The van der Waals surface area contributed by atoms with Crippen molar-refractivity contribution in [1.29, 1.82) is 0 Å². The van der Waals surface area contributed by atoms with Gasteiger partial charge in [-0.3, -0.25) is 0 Å². The second kappa shape index (κ2) is 24.3. The van der Waals surface area contributed by atoms with Gasteiger partial charge in [0.05, 0.1) is 27.6 Å². The van der Waals surface area contributed by atoms with Crippen LogP contribution in [0.15, 0.2) is 334 Å². The quantitative estimate of drug-likeness (QED) is 0.111. The van der Waals surface area contributed by atoms with Crippen molar-refractivity contribution in [3.8, 4) is 55.9 Å². The lowest BCUT2D eigenvalue weighted by atomic mass is 9.66. The lowest BCUT2D eigenvalue weighted by Gasteiger charge is -2.34. The fourth-order valence-electron chi connectivity index (χ4n) is 14.9. The van der Waals surface area contributed by atoms with Gasteiger partial charge in [-0.05, 0) is 124 Å². The fraction of sp³-hybridized carbons (Fsp3) is 0.0361. The summed E-state index contributed by atoms with van der Waals surface area (Å²) in [5.41, 5.74) is 25.2. The predicted molar refractivity (Wildman–Crippen MR) is 373 cm³/mol. The van der Waals surface area contributed by atoms with Gasteiger partial charge < -0.3 is 10.0 Å². The topological polar surface area (TPSA) is 92.0 Å². The first-order chi connectivity index (χ1) is 45.3. The Morgan fingerprint density at radius 3 is 0.826 bits per heavy atom. The zero-order chi connectivity index (χ0) is 62.2. The van der Waals surface area contributed by atoms with Gasteiger partial charge in [0, 0.05) is 17.2 Å². The summed E-state index contributed by atoms with van der Waals surface area (Å²) in [5.74, 6) is 0. The van der Waals surface area contributed by atoms with Crippen LogP contribution in [0.4, 0.5) is 0 Å². The summed E-state index contributed by atoms with van der Waals surface area (Å²) in [5, 5.41) is 20.3. The van der Waals surface area contributed by atoms with Crippen LogP contribution in [-0.2, 0) is 16.2 Å². The molecular formula is C83H57BCl2N4O2. The van der Waals surface area contributed by atoms with Crippen molar-refractivity contribution in [2.45, 2.75) is 16.2 Å². The maximum absolute atomic E-state index is 9.79. The molecule has 0 fully saturated rings. The molecule has 2 aromatic heterocycles. The smallest absolute Gasteiger partial charge is 0.423 e. The van der Waals surface area contributed by atoms with Crippen LogP contribution < -0.4 is 5.46 Å². The van der Waals surface area contributed by atoms with E-state index in [9.17, 15) is 10.0 Å². The summed E-state index contributed by atoms with van der Waals surface area (Å²) < 4.78 is 0. The Morgan fingerprint density at radius 2 is 0.522 bits per heavy atom. The average Bonchev–Trinajstić information content (AvgIpc) is 1.55. The standard InChI is InChI=1S/C54H36N2.C25H19BO2.C4H2Cl2N2/c1-3-19-39(20-4-1)53(47-29-11-7-25-43(47)44-26-8-12-30-48(44)53)41-23-15-17-37(33-41)51-35-52(56-36-55-51)38-18-16-24-42(34-38)54(40-21-5-2-6-22-40)49-31-13-9-27-45(49)46-28-10-14-32-50(46)54;27-26(28)20-12-8-11-19(17-20)25(18-9-2-1-3-10-18)23-15-6-4-13-21(23)22-14-5-7-16-24(22)25;5-3-1-4(6)8-2-7-3/h1-36H;1-17,27-28H;1-2H. The highest BCUT2D eigenvalue weighted by atomic mass is 35.5. The summed E-state index contributed by atoms with van der Waals surface area (Å²) in [6.45, 7) is 0. The molecule has 0 aliphatic heterocycles. The molecule has 0 saturated heterocycles.